The number of nitrogen functional groups attached to an aromatic ring is 1. The Kier molecular flexibility index (Phi) is 4.93. The molecule has 0 fully saturated rings. The molecule has 0 radical (unpaired) electrons. The minimum atomic E-state index is -0.282. The fourth-order valence-corrected chi connectivity index (χ4v) is 2.32. The molecule has 1 heterocycles. The predicted molar refractivity (Wildman–Crippen MR) is 86.8 cm³/mol. The van der Waals surface area contributed by atoms with E-state index in [0.29, 0.717) is 24.2 Å². The molecule has 22 heavy (non-hydrogen) atoms. The van der Waals surface area contributed by atoms with Crippen LogP contribution in [-0.4, -0.2) is 22.2 Å². The van der Waals surface area contributed by atoms with Crippen LogP contribution in [-0.2, 0) is 13.0 Å². The number of nitrogens with one attached hydrogen (secondary N) is 2. The Morgan fingerprint density at radius 1 is 1.50 bits per heavy atom. The molecule has 0 amide bonds. The summed E-state index contributed by atoms with van der Waals surface area (Å²) in [5.41, 5.74) is 7.43. The van der Waals surface area contributed by atoms with E-state index in [9.17, 15) is 4.39 Å². The highest BCUT2D eigenvalue weighted by atomic mass is 19.1. The lowest BCUT2D eigenvalue weighted by molar-refractivity contribution is 0.586. The second kappa shape index (κ2) is 6.89. The largest absolute Gasteiger partial charge is 0.382 e. The second-order valence-corrected chi connectivity index (χ2v) is 4.86. The van der Waals surface area contributed by atoms with Crippen LogP contribution in [0.15, 0.2) is 36.9 Å². The number of halogens is 1. The third-order valence-corrected chi connectivity index (χ3v) is 3.35. The van der Waals surface area contributed by atoms with E-state index in [0.717, 1.165) is 11.4 Å². The summed E-state index contributed by atoms with van der Waals surface area (Å²) in [4.78, 5) is 0. The van der Waals surface area contributed by atoms with E-state index in [-0.39, 0.29) is 18.2 Å². The molecule has 0 atom stereocenters. The molecular formula is C16H20FN5. The van der Waals surface area contributed by atoms with E-state index < -0.39 is 0 Å². The van der Waals surface area contributed by atoms with Crippen molar-refractivity contribution in [1.29, 1.82) is 5.41 Å². The molecule has 0 bridgehead atoms. The number of benzene rings is 1. The zero-order valence-corrected chi connectivity index (χ0v) is 12.6. The van der Waals surface area contributed by atoms with E-state index in [2.05, 4.69) is 17.0 Å². The van der Waals surface area contributed by atoms with Crippen LogP contribution in [0.4, 0.5) is 10.2 Å². The van der Waals surface area contributed by atoms with Gasteiger partial charge in [0.2, 0.25) is 0 Å². The fraction of sp³-hybridized carbons (Fsp3) is 0.250. The highest BCUT2D eigenvalue weighted by Crippen LogP contribution is 2.22. The molecule has 6 heteroatoms. The fourth-order valence-electron chi connectivity index (χ4n) is 2.32. The van der Waals surface area contributed by atoms with Crippen LogP contribution in [0.3, 0.4) is 0 Å². The lowest BCUT2D eigenvalue weighted by Crippen LogP contribution is -2.14. The first kappa shape index (κ1) is 15.8. The molecule has 0 saturated heterocycles. The third kappa shape index (κ3) is 3.16. The van der Waals surface area contributed by atoms with Gasteiger partial charge in [-0.15, -0.1) is 6.58 Å². The van der Waals surface area contributed by atoms with Crippen LogP contribution in [0.2, 0.25) is 0 Å². The van der Waals surface area contributed by atoms with E-state index >= 15 is 0 Å². The van der Waals surface area contributed by atoms with Gasteiger partial charge >= 0.3 is 0 Å². The summed E-state index contributed by atoms with van der Waals surface area (Å²) >= 11 is 0. The number of anilines is 1. The van der Waals surface area contributed by atoms with Crippen molar-refractivity contribution in [2.45, 2.75) is 19.9 Å². The van der Waals surface area contributed by atoms with Crippen molar-refractivity contribution in [3.63, 3.8) is 0 Å². The monoisotopic (exact) mass is 301 g/mol. The van der Waals surface area contributed by atoms with Crippen molar-refractivity contribution in [2.24, 2.45) is 5.73 Å². The van der Waals surface area contributed by atoms with Gasteiger partial charge in [-0.05, 0) is 12.5 Å². The molecule has 0 spiro atoms. The number of hydrogen-bond donors (Lipinski definition) is 3. The smallest absolute Gasteiger partial charge is 0.144 e. The van der Waals surface area contributed by atoms with Gasteiger partial charge in [0.05, 0.1) is 6.54 Å². The summed E-state index contributed by atoms with van der Waals surface area (Å²) in [6.07, 6.45) is 2.40. The number of nitrogens with two attached hydrogens (primary N) is 1. The van der Waals surface area contributed by atoms with Gasteiger partial charge in [0, 0.05) is 17.7 Å². The van der Waals surface area contributed by atoms with Gasteiger partial charge in [-0.2, -0.15) is 5.10 Å². The van der Waals surface area contributed by atoms with Gasteiger partial charge in [-0.1, -0.05) is 31.2 Å². The Morgan fingerprint density at radius 2 is 2.23 bits per heavy atom. The maximum atomic E-state index is 13.9. The molecule has 2 rings (SSSR count). The van der Waals surface area contributed by atoms with Gasteiger partial charge in [-0.3, -0.25) is 5.41 Å². The number of aromatic nitrogens is 2. The number of nitrogens with zero attached hydrogens (tertiary/aromatic N) is 2. The molecule has 0 saturated carbocycles. The van der Waals surface area contributed by atoms with Gasteiger partial charge < -0.3 is 11.1 Å². The first-order chi connectivity index (χ1) is 10.6. The molecular weight excluding hydrogens is 281 g/mol. The van der Waals surface area contributed by atoms with E-state index in [4.69, 9.17) is 11.1 Å². The zero-order valence-electron chi connectivity index (χ0n) is 12.6. The minimum absolute atomic E-state index is 0.0919. The predicted octanol–water partition coefficient (Wildman–Crippen LogP) is 2.51. The quantitative estimate of drug-likeness (QED) is 0.417. The van der Waals surface area contributed by atoms with Gasteiger partial charge in [0.25, 0.3) is 0 Å². The number of amidine groups is 1. The summed E-state index contributed by atoms with van der Waals surface area (Å²) in [5, 5.41) is 15.2. The van der Waals surface area contributed by atoms with Crippen LogP contribution >= 0.6 is 0 Å². The Bertz CT molecular complexity index is 690. The third-order valence-electron chi connectivity index (χ3n) is 3.35. The summed E-state index contributed by atoms with van der Waals surface area (Å²) in [7, 11) is 0. The van der Waals surface area contributed by atoms with Crippen molar-refractivity contribution in [2.75, 3.05) is 11.9 Å². The van der Waals surface area contributed by atoms with Gasteiger partial charge in [0.15, 0.2) is 0 Å². The molecule has 116 valence electrons. The Morgan fingerprint density at radius 3 is 2.82 bits per heavy atom. The number of hydrogen-bond acceptors (Lipinski definition) is 3. The lowest BCUT2D eigenvalue weighted by atomic mass is 10.1. The van der Waals surface area contributed by atoms with Crippen molar-refractivity contribution < 1.29 is 4.39 Å². The Labute approximate surface area is 129 Å². The van der Waals surface area contributed by atoms with Crippen LogP contribution in [0.5, 0.6) is 0 Å². The zero-order chi connectivity index (χ0) is 16.1. The van der Waals surface area contributed by atoms with Crippen molar-refractivity contribution in [1.82, 2.24) is 9.78 Å². The molecule has 0 aliphatic heterocycles. The van der Waals surface area contributed by atoms with Crippen LogP contribution < -0.4 is 11.1 Å². The highest BCUT2D eigenvalue weighted by molar-refractivity contribution is 5.95. The first-order valence-corrected chi connectivity index (χ1v) is 7.10. The van der Waals surface area contributed by atoms with Crippen molar-refractivity contribution in [3.8, 4) is 0 Å². The molecule has 5 nitrogen and oxygen atoms in total. The Balaban J connectivity index is 2.46. The van der Waals surface area contributed by atoms with Gasteiger partial charge in [-0.25, -0.2) is 9.07 Å². The van der Waals surface area contributed by atoms with Crippen molar-refractivity contribution >= 4 is 11.7 Å². The second-order valence-electron chi connectivity index (χ2n) is 4.86. The average Bonchev–Trinajstić information content (AvgIpc) is 2.85. The molecule has 0 aliphatic carbocycles. The average molecular weight is 301 g/mol. The van der Waals surface area contributed by atoms with E-state index in [1.807, 2.05) is 6.92 Å². The standard InChI is InChI=1S/C16H20FN5/c1-3-9-20-16-12(4-2)14(15(18)19)21-22(16)10-11-7-5-6-8-13(11)17/h3,5-8,20H,1,4,9-10H2,2H3,(H3,18,19). The topological polar surface area (TPSA) is 79.7 Å². The first-order valence-electron chi connectivity index (χ1n) is 7.10. The SMILES string of the molecule is C=CCNc1c(CC)c(C(=N)N)nn1Cc1ccccc1F. The maximum Gasteiger partial charge on any atom is 0.144 e. The van der Waals surface area contributed by atoms with E-state index in [1.54, 1.807) is 29.0 Å². The summed E-state index contributed by atoms with van der Waals surface area (Å²) in [5.74, 6) is 0.372. The molecule has 1 aromatic heterocycles. The summed E-state index contributed by atoms with van der Waals surface area (Å²) < 4.78 is 15.5. The van der Waals surface area contributed by atoms with Crippen molar-refractivity contribution in [3.05, 3.63) is 59.6 Å². The maximum absolute atomic E-state index is 13.9. The summed E-state index contributed by atoms with van der Waals surface area (Å²) in [6.45, 7) is 6.47. The number of rotatable bonds is 7. The molecule has 0 aliphatic rings. The Hall–Kier alpha value is -2.63. The minimum Gasteiger partial charge on any atom is -0.382 e. The van der Waals surface area contributed by atoms with Crippen LogP contribution in [0.25, 0.3) is 0 Å². The summed E-state index contributed by atoms with van der Waals surface area (Å²) in [6, 6.07) is 6.57. The van der Waals surface area contributed by atoms with Crippen LogP contribution in [0, 0.1) is 11.2 Å². The normalized spacial score (nSPS) is 10.5. The lowest BCUT2D eigenvalue weighted by Gasteiger charge is -2.11. The molecule has 1 aromatic carbocycles. The molecule has 2 aromatic rings. The van der Waals surface area contributed by atoms with Crippen LogP contribution in [0.1, 0.15) is 23.7 Å². The van der Waals surface area contributed by atoms with Gasteiger partial charge in [0.1, 0.15) is 23.2 Å². The molecule has 0 unspecified atom stereocenters. The highest BCUT2D eigenvalue weighted by Gasteiger charge is 2.18. The van der Waals surface area contributed by atoms with E-state index in [1.165, 1.54) is 6.07 Å². The molecule has 4 N–H and O–H groups in total.